The first-order valence-electron chi connectivity index (χ1n) is 7.14. The Morgan fingerprint density at radius 3 is 3.05 bits per heavy atom. The van der Waals surface area contributed by atoms with Crippen molar-refractivity contribution in [3.63, 3.8) is 0 Å². The first kappa shape index (κ1) is 13.8. The second-order valence-corrected chi connectivity index (χ2v) is 5.33. The van der Waals surface area contributed by atoms with Crippen molar-refractivity contribution < 1.29 is 4.92 Å². The van der Waals surface area contributed by atoms with E-state index in [0.29, 0.717) is 11.4 Å². The van der Waals surface area contributed by atoms with Gasteiger partial charge in [0.1, 0.15) is 0 Å². The number of pyridine rings is 1. The lowest BCUT2D eigenvalue weighted by atomic mass is 10.1. The molecule has 0 saturated carbocycles. The number of fused-ring (bicyclic) bond motifs is 1. The van der Waals surface area contributed by atoms with Crippen molar-refractivity contribution in [1.29, 1.82) is 0 Å². The van der Waals surface area contributed by atoms with Gasteiger partial charge in [-0.1, -0.05) is 0 Å². The number of hydrogen-bond donors (Lipinski definition) is 1. The van der Waals surface area contributed by atoms with E-state index < -0.39 is 0 Å². The average molecular weight is 286 g/mol. The summed E-state index contributed by atoms with van der Waals surface area (Å²) < 4.78 is 0. The number of likely N-dealkylation sites (N-methyl/N-ethyl adjacent to an activating group) is 1. The Kier molecular flexibility index (Phi) is 3.70. The normalized spacial score (nSPS) is 18.3. The zero-order valence-corrected chi connectivity index (χ0v) is 12.0. The van der Waals surface area contributed by atoms with E-state index in [1.165, 1.54) is 0 Å². The summed E-state index contributed by atoms with van der Waals surface area (Å²) in [4.78, 5) is 17.3. The number of nitrogens with zero attached hydrogens (tertiary/aromatic N) is 3. The van der Waals surface area contributed by atoms with Crippen LogP contribution >= 0.6 is 0 Å². The topological polar surface area (TPSA) is 71.3 Å². The number of nitro groups is 1. The molecule has 2 heterocycles. The van der Waals surface area contributed by atoms with E-state index >= 15 is 0 Å². The molecule has 3 rings (SSSR count). The summed E-state index contributed by atoms with van der Waals surface area (Å²) in [5, 5.41) is 15.9. The van der Waals surface area contributed by atoms with Crippen LogP contribution in [-0.4, -0.2) is 36.1 Å². The largest absolute Gasteiger partial charge is 0.367 e. The smallest absolute Gasteiger partial charge is 0.277 e. The quantitative estimate of drug-likeness (QED) is 0.690. The molecule has 2 aromatic rings. The lowest BCUT2D eigenvalue weighted by molar-refractivity contribution is -0.383. The highest BCUT2D eigenvalue weighted by Gasteiger charge is 2.26. The molecule has 0 aliphatic carbocycles. The third-order valence-corrected chi connectivity index (χ3v) is 4.10. The first-order valence-corrected chi connectivity index (χ1v) is 7.14. The minimum atomic E-state index is -0.332. The van der Waals surface area contributed by atoms with Crippen molar-refractivity contribution in [2.75, 3.05) is 25.0 Å². The first-order chi connectivity index (χ1) is 10.2. The highest BCUT2D eigenvalue weighted by molar-refractivity contribution is 5.99. The number of aromatic nitrogens is 1. The molecule has 1 atom stereocenters. The molecule has 1 N–H and O–H groups in total. The van der Waals surface area contributed by atoms with Crippen LogP contribution in [0.5, 0.6) is 0 Å². The summed E-state index contributed by atoms with van der Waals surface area (Å²) in [6.07, 6.45) is 5.62. The number of nitrogens with one attached hydrogen (secondary N) is 1. The van der Waals surface area contributed by atoms with E-state index in [0.717, 1.165) is 37.0 Å². The molecule has 1 unspecified atom stereocenters. The Labute approximate surface area is 122 Å². The maximum absolute atomic E-state index is 11.2. The van der Waals surface area contributed by atoms with E-state index in [4.69, 9.17) is 0 Å². The fourth-order valence-corrected chi connectivity index (χ4v) is 3.17. The molecule has 1 aliphatic rings. The zero-order chi connectivity index (χ0) is 14.8. The van der Waals surface area contributed by atoms with Crippen LogP contribution in [-0.2, 0) is 0 Å². The van der Waals surface area contributed by atoms with Gasteiger partial charge in [0.2, 0.25) is 0 Å². The van der Waals surface area contributed by atoms with Gasteiger partial charge in [-0.2, -0.15) is 0 Å². The van der Waals surface area contributed by atoms with Gasteiger partial charge in [-0.25, -0.2) is 0 Å². The maximum atomic E-state index is 11.2. The molecule has 6 heteroatoms. The third-order valence-electron chi connectivity index (χ3n) is 4.10. The van der Waals surface area contributed by atoms with Crippen LogP contribution in [0.2, 0.25) is 0 Å². The van der Waals surface area contributed by atoms with Crippen LogP contribution in [0.1, 0.15) is 12.8 Å². The summed E-state index contributed by atoms with van der Waals surface area (Å²) in [7, 11) is 1.95. The lowest BCUT2D eigenvalue weighted by Crippen LogP contribution is -2.36. The highest BCUT2D eigenvalue weighted by atomic mass is 16.6. The summed E-state index contributed by atoms with van der Waals surface area (Å²) in [5.74, 6) is 0. The zero-order valence-electron chi connectivity index (χ0n) is 12.0. The summed E-state index contributed by atoms with van der Waals surface area (Å²) >= 11 is 0. The fraction of sp³-hybridized carbons (Fsp3) is 0.400. The summed E-state index contributed by atoms with van der Waals surface area (Å²) in [6, 6.07) is 5.61. The number of non-ortho nitro benzene ring substituents is 1. The van der Waals surface area contributed by atoms with Crippen molar-refractivity contribution in [2.24, 2.45) is 0 Å². The van der Waals surface area contributed by atoms with Gasteiger partial charge < -0.3 is 10.2 Å². The van der Waals surface area contributed by atoms with E-state index in [2.05, 4.69) is 15.2 Å². The number of benzene rings is 1. The Morgan fingerprint density at radius 1 is 1.43 bits per heavy atom. The van der Waals surface area contributed by atoms with Crippen LogP contribution in [0.3, 0.4) is 0 Å². The molecule has 0 radical (unpaired) electrons. The average Bonchev–Trinajstić information content (AvgIpc) is 2.94. The Morgan fingerprint density at radius 2 is 2.29 bits per heavy atom. The van der Waals surface area contributed by atoms with Crippen molar-refractivity contribution in [3.05, 3.63) is 40.7 Å². The number of hydrogen-bond acceptors (Lipinski definition) is 5. The van der Waals surface area contributed by atoms with Crippen molar-refractivity contribution >= 4 is 22.1 Å². The molecular weight excluding hydrogens is 268 g/mol. The molecule has 1 saturated heterocycles. The standard InChI is InChI=1S/C15H18N4O2/c1-16-9-11-3-2-8-18(11)14-4-5-15(19(20)21)12-6-7-17-10-13(12)14/h4-7,10-11,16H,2-3,8-9H2,1H3. The van der Waals surface area contributed by atoms with Gasteiger partial charge in [0.15, 0.2) is 0 Å². The van der Waals surface area contributed by atoms with Gasteiger partial charge in [0.25, 0.3) is 5.69 Å². The van der Waals surface area contributed by atoms with Crippen molar-refractivity contribution in [3.8, 4) is 0 Å². The van der Waals surface area contributed by atoms with E-state index in [-0.39, 0.29) is 10.6 Å². The molecule has 0 amide bonds. The highest BCUT2D eigenvalue weighted by Crippen LogP contribution is 2.36. The number of anilines is 1. The number of nitro benzene ring substituents is 1. The van der Waals surface area contributed by atoms with Crippen LogP contribution in [0.15, 0.2) is 30.6 Å². The molecular formula is C15H18N4O2. The SMILES string of the molecule is CNCC1CCCN1c1ccc([N+](=O)[O-])c2ccncc12. The van der Waals surface area contributed by atoms with Crippen LogP contribution < -0.4 is 10.2 Å². The van der Waals surface area contributed by atoms with Gasteiger partial charge in [0.05, 0.1) is 10.3 Å². The Balaban J connectivity index is 2.11. The van der Waals surface area contributed by atoms with Crippen LogP contribution in [0.4, 0.5) is 11.4 Å². The molecule has 1 fully saturated rings. The lowest BCUT2D eigenvalue weighted by Gasteiger charge is -2.27. The third kappa shape index (κ3) is 2.42. The van der Waals surface area contributed by atoms with Crippen LogP contribution in [0, 0.1) is 10.1 Å². The van der Waals surface area contributed by atoms with E-state index in [9.17, 15) is 10.1 Å². The maximum Gasteiger partial charge on any atom is 0.277 e. The monoisotopic (exact) mass is 286 g/mol. The molecule has 0 bridgehead atoms. The van der Waals surface area contributed by atoms with Crippen LogP contribution in [0.25, 0.3) is 10.8 Å². The predicted octanol–water partition coefficient (Wildman–Crippen LogP) is 2.33. The van der Waals surface area contributed by atoms with Crippen molar-refractivity contribution in [1.82, 2.24) is 10.3 Å². The summed E-state index contributed by atoms with van der Waals surface area (Å²) in [5.41, 5.74) is 1.18. The van der Waals surface area contributed by atoms with Gasteiger partial charge in [-0.15, -0.1) is 0 Å². The van der Waals surface area contributed by atoms with E-state index in [1.807, 2.05) is 13.1 Å². The van der Waals surface area contributed by atoms with E-state index in [1.54, 1.807) is 24.5 Å². The molecule has 6 nitrogen and oxygen atoms in total. The fourth-order valence-electron chi connectivity index (χ4n) is 3.17. The molecule has 110 valence electrons. The molecule has 1 aromatic carbocycles. The molecule has 1 aliphatic heterocycles. The van der Waals surface area contributed by atoms with Gasteiger partial charge in [-0.05, 0) is 32.0 Å². The molecule has 1 aromatic heterocycles. The van der Waals surface area contributed by atoms with Gasteiger partial charge in [0, 0.05) is 48.7 Å². The summed E-state index contributed by atoms with van der Waals surface area (Å²) in [6.45, 7) is 1.90. The Bertz CT molecular complexity index is 674. The second-order valence-electron chi connectivity index (χ2n) is 5.33. The van der Waals surface area contributed by atoms with Crippen molar-refractivity contribution in [2.45, 2.75) is 18.9 Å². The molecule has 21 heavy (non-hydrogen) atoms. The predicted molar refractivity (Wildman–Crippen MR) is 82.7 cm³/mol. The minimum Gasteiger partial charge on any atom is -0.367 e. The van der Waals surface area contributed by atoms with Gasteiger partial charge in [-0.3, -0.25) is 15.1 Å². The van der Waals surface area contributed by atoms with Gasteiger partial charge >= 0.3 is 0 Å². The minimum absolute atomic E-state index is 0.139. The Hall–Kier alpha value is -2.21. The number of rotatable bonds is 4. The second kappa shape index (κ2) is 5.65. The molecule has 0 spiro atoms.